The summed E-state index contributed by atoms with van der Waals surface area (Å²) in [6, 6.07) is 5.75. The number of likely N-dealkylation sites (tertiary alicyclic amines) is 1. The fourth-order valence-corrected chi connectivity index (χ4v) is 2.84. The van der Waals surface area contributed by atoms with Gasteiger partial charge in [-0.25, -0.2) is 9.37 Å². The van der Waals surface area contributed by atoms with Crippen molar-refractivity contribution in [3.63, 3.8) is 0 Å². The van der Waals surface area contributed by atoms with Crippen LogP contribution in [0.25, 0.3) is 0 Å². The van der Waals surface area contributed by atoms with Gasteiger partial charge >= 0.3 is 0 Å². The molecular formula is C18H20FN3O4. The van der Waals surface area contributed by atoms with Gasteiger partial charge in [0.2, 0.25) is 11.8 Å². The van der Waals surface area contributed by atoms with Gasteiger partial charge in [-0.2, -0.15) is 0 Å². The third-order valence-electron chi connectivity index (χ3n) is 4.42. The Kier molecular flexibility index (Phi) is 5.20. The fraction of sp³-hybridized carbons (Fsp3) is 0.389. The second-order valence-corrected chi connectivity index (χ2v) is 6.20. The maximum atomic E-state index is 13.1. The van der Waals surface area contributed by atoms with E-state index in [1.165, 1.54) is 31.4 Å². The molecule has 0 bridgehead atoms. The number of hydrogen-bond donors (Lipinski definition) is 0. The van der Waals surface area contributed by atoms with Crippen LogP contribution < -0.4 is 4.74 Å². The molecule has 1 aromatic heterocycles. The third-order valence-corrected chi connectivity index (χ3v) is 4.42. The first kappa shape index (κ1) is 17.9. The van der Waals surface area contributed by atoms with Gasteiger partial charge < -0.3 is 19.0 Å². The minimum absolute atomic E-state index is 0.00751. The molecule has 2 amide bonds. The lowest BCUT2D eigenvalue weighted by Gasteiger charge is -2.23. The van der Waals surface area contributed by atoms with Gasteiger partial charge in [0, 0.05) is 33.1 Å². The monoisotopic (exact) mass is 361 g/mol. The summed E-state index contributed by atoms with van der Waals surface area (Å²) in [7, 11) is 1.74. The number of aromatic nitrogens is 1. The average Bonchev–Trinajstić information content (AvgIpc) is 3.28. The van der Waals surface area contributed by atoms with E-state index < -0.39 is 5.82 Å². The molecule has 3 rings (SSSR count). The Morgan fingerprint density at radius 1 is 1.46 bits per heavy atom. The minimum Gasteiger partial charge on any atom is -0.484 e. The highest BCUT2D eigenvalue weighted by molar-refractivity contribution is 5.92. The number of benzene rings is 1. The Bertz CT molecular complexity index is 807. The fourth-order valence-electron chi connectivity index (χ4n) is 2.84. The Morgan fingerprint density at radius 3 is 3.00 bits per heavy atom. The van der Waals surface area contributed by atoms with Gasteiger partial charge in [-0.05, 0) is 18.6 Å². The first-order valence-electron chi connectivity index (χ1n) is 8.29. The summed E-state index contributed by atoms with van der Waals surface area (Å²) < 4.78 is 23.8. The quantitative estimate of drug-likeness (QED) is 0.815. The molecule has 0 N–H and O–H groups in total. The Hall–Kier alpha value is -2.90. The first-order chi connectivity index (χ1) is 12.4. The molecule has 8 heteroatoms. The maximum Gasteiger partial charge on any atom is 0.275 e. The molecular weight excluding hydrogens is 341 g/mol. The predicted molar refractivity (Wildman–Crippen MR) is 90.0 cm³/mol. The van der Waals surface area contributed by atoms with Crippen LogP contribution in [0.4, 0.5) is 4.39 Å². The van der Waals surface area contributed by atoms with E-state index in [0.29, 0.717) is 18.8 Å². The van der Waals surface area contributed by atoms with Crippen LogP contribution in [-0.4, -0.2) is 52.8 Å². The summed E-state index contributed by atoms with van der Waals surface area (Å²) in [4.78, 5) is 31.4. The molecule has 1 aromatic carbocycles. The normalized spacial score (nSPS) is 16.6. The van der Waals surface area contributed by atoms with Gasteiger partial charge in [-0.15, -0.1) is 0 Å². The molecule has 1 aliphatic rings. The molecule has 1 fully saturated rings. The zero-order valence-corrected chi connectivity index (χ0v) is 14.6. The van der Waals surface area contributed by atoms with Crippen molar-refractivity contribution in [2.75, 3.05) is 20.1 Å². The maximum absolute atomic E-state index is 13.1. The molecule has 0 aliphatic carbocycles. The summed E-state index contributed by atoms with van der Waals surface area (Å²) in [6.07, 6.45) is 2.02. The van der Waals surface area contributed by atoms with E-state index in [-0.39, 0.29) is 36.0 Å². The summed E-state index contributed by atoms with van der Waals surface area (Å²) >= 11 is 0. The van der Waals surface area contributed by atoms with Crippen LogP contribution in [0.2, 0.25) is 0 Å². The summed E-state index contributed by atoms with van der Waals surface area (Å²) in [5.74, 6) is -0.0856. The molecule has 138 valence electrons. The van der Waals surface area contributed by atoms with Crippen molar-refractivity contribution < 1.29 is 23.1 Å². The third kappa shape index (κ3) is 4.01. The SMILES string of the molecule is CC(=O)N(C)C1CCN(C(=O)c2coc(COc3cccc(F)c3)n2)C1. The number of amides is 2. The van der Waals surface area contributed by atoms with Crippen LogP contribution in [0.1, 0.15) is 29.7 Å². The lowest BCUT2D eigenvalue weighted by molar-refractivity contribution is -0.129. The number of likely N-dealkylation sites (N-methyl/N-ethyl adjacent to an activating group) is 1. The van der Waals surface area contributed by atoms with E-state index >= 15 is 0 Å². The lowest BCUT2D eigenvalue weighted by Crippen LogP contribution is -2.39. The van der Waals surface area contributed by atoms with Crippen LogP contribution >= 0.6 is 0 Å². The molecule has 0 saturated carbocycles. The van der Waals surface area contributed by atoms with Gasteiger partial charge in [0.25, 0.3) is 5.91 Å². The van der Waals surface area contributed by atoms with E-state index in [1.54, 1.807) is 22.9 Å². The molecule has 26 heavy (non-hydrogen) atoms. The Balaban J connectivity index is 1.57. The second kappa shape index (κ2) is 7.55. The predicted octanol–water partition coefficient (Wildman–Crippen LogP) is 2.09. The molecule has 0 radical (unpaired) electrons. The largest absolute Gasteiger partial charge is 0.484 e. The number of ether oxygens (including phenoxy) is 1. The highest BCUT2D eigenvalue weighted by Gasteiger charge is 2.31. The summed E-state index contributed by atoms with van der Waals surface area (Å²) in [5, 5.41) is 0. The number of oxazole rings is 1. The highest BCUT2D eigenvalue weighted by Crippen LogP contribution is 2.18. The number of rotatable bonds is 5. The number of carbonyl (C=O) groups excluding carboxylic acids is 2. The highest BCUT2D eigenvalue weighted by atomic mass is 19.1. The first-order valence-corrected chi connectivity index (χ1v) is 8.29. The second-order valence-electron chi connectivity index (χ2n) is 6.20. The number of halogens is 1. The molecule has 1 aliphatic heterocycles. The van der Waals surface area contributed by atoms with E-state index in [1.807, 2.05) is 0 Å². The van der Waals surface area contributed by atoms with Crippen LogP contribution in [0.5, 0.6) is 5.75 Å². The molecule has 7 nitrogen and oxygen atoms in total. The van der Waals surface area contributed by atoms with Gasteiger partial charge in [0.15, 0.2) is 12.3 Å². The van der Waals surface area contributed by atoms with Crippen molar-refractivity contribution in [1.82, 2.24) is 14.8 Å². The topological polar surface area (TPSA) is 75.9 Å². The van der Waals surface area contributed by atoms with Crippen molar-refractivity contribution in [3.8, 4) is 5.75 Å². The van der Waals surface area contributed by atoms with Crippen molar-refractivity contribution in [1.29, 1.82) is 0 Å². The molecule has 2 aromatic rings. The van der Waals surface area contributed by atoms with Crippen LogP contribution in [0.15, 0.2) is 34.9 Å². The lowest BCUT2D eigenvalue weighted by atomic mass is 10.2. The molecule has 2 heterocycles. The van der Waals surface area contributed by atoms with Crippen molar-refractivity contribution in [3.05, 3.63) is 47.9 Å². The van der Waals surface area contributed by atoms with Crippen molar-refractivity contribution in [2.24, 2.45) is 0 Å². The van der Waals surface area contributed by atoms with Crippen LogP contribution in [0, 0.1) is 5.82 Å². The zero-order valence-electron chi connectivity index (χ0n) is 14.6. The number of nitrogens with zero attached hydrogens (tertiary/aromatic N) is 3. The zero-order chi connectivity index (χ0) is 18.7. The molecule has 1 unspecified atom stereocenters. The summed E-state index contributed by atoms with van der Waals surface area (Å²) in [5.41, 5.74) is 0.189. The van der Waals surface area contributed by atoms with Gasteiger partial charge in [0.05, 0.1) is 6.04 Å². The molecule has 1 saturated heterocycles. The van der Waals surface area contributed by atoms with Gasteiger partial charge in [0.1, 0.15) is 17.8 Å². The van der Waals surface area contributed by atoms with Crippen LogP contribution in [-0.2, 0) is 11.4 Å². The van der Waals surface area contributed by atoms with Crippen molar-refractivity contribution >= 4 is 11.8 Å². The molecule has 1 atom stereocenters. The van der Waals surface area contributed by atoms with Crippen LogP contribution in [0.3, 0.4) is 0 Å². The van der Waals surface area contributed by atoms with Gasteiger partial charge in [-0.3, -0.25) is 9.59 Å². The number of carbonyl (C=O) groups is 2. The Morgan fingerprint density at radius 2 is 2.27 bits per heavy atom. The van der Waals surface area contributed by atoms with E-state index in [4.69, 9.17) is 9.15 Å². The standard InChI is InChI=1S/C18H20FN3O4/c1-12(23)21(2)14-6-7-22(9-14)18(24)16-10-26-17(20-16)11-25-15-5-3-4-13(19)8-15/h3-5,8,10,14H,6-7,9,11H2,1-2H3. The van der Waals surface area contributed by atoms with E-state index in [9.17, 15) is 14.0 Å². The van der Waals surface area contributed by atoms with Gasteiger partial charge in [-0.1, -0.05) is 6.07 Å². The van der Waals surface area contributed by atoms with E-state index in [0.717, 1.165) is 6.42 Å². The van der Waals surface area contributed by atoms with E-state index in [2.05, 4.69) is 4.98 Å². The van der Waals surface area contributed by atoms with Crippen molar-refractivity contribution in [2.45, 2.75) is 26.0 Å². The Labute approximate surface area is 150 Å². The molecule has 0 spiro atoms. The number of hydrogen-bond acceptors (Lipinski definition) is 5. The smallest absolute Gasteiger partial charge is 0.275 e. The summed E-state index contributed by atoms with van der Waals surface area (Å²) in [6.45, 7) is 2.53. The minimum atomic E-state index is -0.398. The average molecular weight is 361 g/mol.